The number of fused-ring (bicyclic) bond motifs is 3. The van der Waals surface area contributed by atoms with Crippen molar-refractivity contribution in [3.63, 3.8) is 0 Å². The lowest BCUT2D eigenvalue weighted by Crippen LogP contribution is -2.52. The van der Waals surface area contributed by atoms with Gasteiger partial charge in [-0.05, 0) is 89.3 Å². The summed E-state index contributed by atoms with van der Waals surface area (Å²) in [6.45, 7) is 11.3. The van der Waals surface area contributed by atoms with E-state index in [4.69, 9.17) is 4.74 Å². The molecule has 0 spiro atoms. The number of nitrogens with one attached hydrogen (secondary N) is 1. The number of benzene rings is 2. The minimum atomic E-state index is 0.191. The van der Waals surface area contributed by atoms with Crippen LogP contribution in [-0.4, -0.2) is 26.0 Å². The summed E-state index contributed by atoms with van der Waals surface area (Å²) < 4.78 is 5.19. The Morgan fingerprint density at radius 1 is 1.12 bits per heavy atom. The van der Waals surface area contributed by atoms with Gasteiger partial charge in [0.15, 0.2) is 5.78 Å². The number of carbonyl (C=O) groups excluding carboxylic acids is 1. The van der Waals surface area contributed by atoms with Crippen LogP contribution in [0.4, 0.5) is 0 Å². The maximum atomic E-state index is 12.6. The number of carbonyl (C=O) groups is 1. The Morgan fingerprint density at radius 2 is 1.88 bits per heavy atom. The molecule has 0 bridgehead atoms. The van der Waals surface area contributed by atoms with Gasteiger partial charge < -0.3 is 10.1 Å². The summed E-state index contributed by atoms with van der Waals surface area (Å²) in [6.07, 6.45) is 6.84. The van der Waals surface area contributed by atoms with E-state index in [1.54, 1.807) is 18.2 Å². The molecule has 2 aliphatic rings. The van der Waals surface area contributed by atoms with Gasteiger partial charge in [0, 0.05) is 25.1 Å². The predicted molar refractivity (Wildman–Crippen MR) is 136 cm³/mol. The van der Waals surface area contributed by atoms with Gasteiger partial charge in [-0.3, -0.25) is 4.79 Å². The number of aryl methyl sites for hydroxylation is 1. The van der Waals surface area contributed by atoms with Crippen LogP contribution in [0.5, 0.6) is 5.75 Å². The quantitative estimate of drug-likeness (QED) is 0.362. The topological polar surface area (TPSA) is 38.3 Å². The predicted octanol–water partition coefficient (Wildman–Crippen LogP) is 6.69. The van der Waals surface area contributed by atoms with Crippen LogP contribution < -0.4 is 10.1 Å². The standard InChI is InChI=1S/C30H41NO2/c1-21(2)23-9-13-26-24(19-23)10-14-28-29(3,16-6-17-30(26,28)4)20-31-18-15-27(32)22-7-11-25(33-5)12-8-22/h7-9,11-13,19,21,28,31H,6,10,14-18,20H2,1-5H3. The maximum Gasteiger partial charge on any atom is 0.164 e. The highest BCUT2D eigenvalue weighted by atomic mass is 16.5. The second-order valence-corrected chi connectivity index (χ2v) is 11.2. The fraction of sp³-hybridized carbons (Fsp3) is 0.567. The first-order valence-electron chi connectivity index (χ1n) is 12.8. The normalized spacial score (nSPS) is 26.5. The van der Waals surface area contributed by atoms with Gasteiger partial charge in [-0.1, -0.05) is 52.3 Å². The summed E-state index contributed by atoms with van der Waals surface area (Å²) in [4.78, 5) is 12.6. The third-order valence-electron chi connectivity index (χ3n) is 8.64. The van der Waals surface area contributed by atoms with E-state index in [1.807, 2.05) is 24.3 Å². The highest BCUT2D eigenvalue weighted by molar-refractivity contribution is 5.96. The number of Topliss-reactive ketones (excluding diaryl/α,β-unsaturated/α-hetero) is 1. The Labute approximate surface area is 200 Å². The summed E-state index contributed by atoms with van der Waals surface area (Å²) in [6, 6.07) is 14.7. The molecule has 2 aromatic carbocycles. The van der Waals surface area contributed by atoms with Crippen LogP contribution in [0.3, 0.4) is 0 Å². The molecule has 2 aromatic rings. The van der Waals surface area contributed by atoms with Crippen molar-refractivity contribution in [1.82, 2.24) is 5.32 Å². The molecule has 3 nitrogen and oxygen atoms in total. The van der Waals surface area contributed by atoms with Crippen LogP contribution in [-0.2, 0) is 11.8 Å². The zero-order valence-electron chi connectivity index (χ0n) is 21.2. The molecule has 33 heavy (non-hydrogen) atoms. The van der Waals surface area contributed by atoms with Crippen LogP contribution in [0.1, 0.15) is 92.8 Å². The average molecular weight is 448 g/mol. The smallest absolute Gasteiger partial charge is 0.164 e. The van der Waals surface area contributed by atoms with Crippen LogP contribution in [0.2, 0.25) is 0 Å². The Morgan fingerprint density at radius 3 is 2.58 bits per heavy atom. The Balaban J connectivity index is 1.40. The third kappa shape index (κ3) is 4.75. The van der Waals surface area contributed by atoms with Crippen LogP contribution in [0, 0.1) is 11.3 Å². The van der Waals surface area contributed by atoms with Crippen molar-refractivity contribution in [2.75, 3.05) is 20.2 Å². The minimum Gasteiger partial charge on any atom is -0.497 e. The van der Waals surface area contributed by atoms with E-state index in [0.29, 0.717) is 18.3 Å². The second kappa shape index (κ2) is 9.62. The molecule has 0 aliphatic heterocycles. The van der Waals surface area contributed by atoms with Crippen molar-refractivity contribution in [3.8, 4) is 5.75 Å². The van der Waals surface area contributed by atoms with Gasteiger partial charge in [-0.15, -0.1) is 0 Å². The van der Waals surface area contributed by atoms with Gasteiger partial charge in [0.05, 0.1) is 7.11 Å². The first-order chi connectivity index (χ1) is 15.8. The SMILES string of the molecule is COc1ccc(C(=O)CCNCC2(C)CCCC3(C)c4ccc(C(C)C)cc4CCC23)cc1. The lowest BCUT2D eigenvalue weighted by atomic mass is 9.49. The van der Waals surface area contributed by atoms with E-state index in [2.05, 4.69) is 51.2 Å². The van der Waals surface area contributed by atoms with Gasteiger partial charge in [-0.2, -0.15) is 0 Å². The van der Waals surface area contributed by atoms with E-state index in [0.717, 1.165) is 24.4 Å². The zero-order chi connectivity index (χ0) is 23.6. The van der Waals surface area contributed by atoms with Crippen molar-refractivity contribution < 1.29 is 9.53 Å². The lowest BCUT2D eigenvalue weighted by Gasteiger charge is -2.55. The summed E-state index contributed by atoms with van der Waals surface area (Å²) in [7, 11) is 1.64. The molecule has 178 valence electrons. The number of ether oxygens (including phenoxy) is 1. The minimum absolute atomic E-state index is 0.191. The Bertz CT molecular complexity index is 979. The van der Waals surface area contributed by atoms with E-state index >= 15 is 0 Å². The van der Waals surface area contributed by atoms with Gasteiger partial charge in [0.2, 0.25) is 0 Å². The van der Waals surface area contributed by atoms with Crippen LogP contribution >= 0.6 is 0 Å². The molecule has 0 aromatic heterocycles. The molecule has 1 saturated carbocycles. The van der Waals surface area contributed by atoms with Gasteiger partial charge in [-0.25, -0.2) is 0 Å². The largest absolute Gasteiger partial charge is 0.497 e. The van der Waals surface area contributed by atoms with Gasteiger partial charge >= 0.3 is 0 Å². The van der Waals surface area contributed by atoms with Crippen molar-refractivity contribution in [1.29, 1.82) is 0 Å². The summed E-state index contributed by atoms with van der Waals surface area (Å²) in [5.41, 5.74) is 5.95. The molecule has 0 radical (unpaired) electrons. The van der Waals surface area contributed by atoms with Crippen molar-refractivity contribution in [3.05, 3.63) is 64.7 Å². The van der Waals surface area contributed by atoms with Crippen LogP contribution in [0.25, 0.3) is 0 Å². The maximum absolute atomic E-state index is 12.6. The molecule has 4 rings (SSSR count). The summed E-state index contributed by atoms with van der Waals surface area (Å²) >= 11 is 0. The highest BCUT2D eigenvalue weighted by Crippen LogP contribution is 2.57. The van der Waals surface area contributed by atoms with Gasteiger partial charge in [0.1, 0.15) is 5.75 Å². The second-order valence-electron chi connectivity index (χ2n) is 11.2. The molecule has 0 saturated heterocycles. The van der Waals surface area contributed by atoms with E-state index < -0.39 is 0 Å². The monoisotopic (exact) mass is 447 g/mol. The molecular weight excluding hydrogens is 406 g/mol. The molecule has 3 atom stereocenters. The molecule has 1 fully saturated rings. The molecule has 0 amide bonds. The number of hydrogen-bond acceptors (Lipinski definition) is 3. The number of rotatable bonds is 8. The molecule has 0 heterocycles. The van der Waals surface area contributed by atoms with E-state index in [1.165, 1.54) is 37.7 Å². The fourth-order valence-corrected chi connectivity index (χ4v) is 6.71. The van der Waals surface area contributed by atoms with Crippen molar-refractivity contribution in [2.45, 2.75) is 77.6 Å². The molecule has 2 aliphatic carbocycles. The molecule has 1 N–H and O–H groups in total. The molecular formula is C30H41NO2. The first kappa shape index (κ1) is 24.0. The summed E-state index contributed by atoms with van der Waals surface area (Å²) in [5.74, 6) is 2.24. The van der Waals surface area contributed by atoms with E-state index in [-0.39, 0.29) is 16.6 Å². The van der Waals surface area contributed by atoms with Crippen LogP contribution in [0.15, 0.2) is 42.5 Å². The third-order valence-corrected chi connectivity index (χ3v) is 8.64. The van der Waals surface area contributed by atoms with Crippen molar-refractivity contribution >= 4 is 5.78 Å². The number of hydrogen-bond donors (Lipinski definition) is 1. The van der Waals surface area contributed by atoms with Crippen molar-refractivity contribution in [2.24, 2.45) is 11.3 Å². The fourth-order valence-electron chi connectivity index (χ4n) is 6.71. The average Bonchev–Trinajstić information content (AvgIpc) is 2.81. The lowest BCUT2D eigenvalue weighted by molar-refractivity contribution is 0.0260. The summed E-state index contributed by atoms with van der Waals surface area (Å²) in [5, 5.41) is 3.67. The molecule has 3 heteroatoms. The number of methoxy groups -OCH3 is 1. The van der Waals surface area contributed by atoms with E-state index in [9.17, 15) is 4.79 Å². The highest BCUT2D eigenvalue weighted by Gasteiger charge is 2.51. The molecule has 3 unspecified atom stereocenters. The first-order valence-corrected chi connectivity index (χ1v) is 12.8. The zero-order valence-corrected chi connectivity index (χ0v) is 21.2. The number of ketones is 1. The Hall–Kier alpha value is -2.13. The Kier molecular flexibility index (Phi) is 7.00. The van der Waals surface area contributed by atoms with Gasteiger partial charge in [0.25, 0.3) is 0 Å².